The predicted molar refractivity (Wildman–Crippen MR) is 70.1 cm³/mol. The highest BCUT2D eigenvalue weighted by Gasteiger charge is 2.26. The largest absolute Gasteiger partial charge is 0.394 e. The van der Waals surface area contributed by atoms with Gasteiger partial charge in [-0.2, -0.15) is 0 Å². The van der Waals surface area contributed by atoms with Crippen LogP contribution in [0.1, 0.15) is 33.1 Å². The molecule has 0 aromatic rings. The zero-order valence-electron chi connectivity index (χ0n) is 11.5. The lowest BCUT2D eigenvalue weighted by Gasteiger charge is -2.33. The number of hydrogen-bond donors (Lipinski definition) is 2. The monoisotopic (exact) mass is 258 g/mol. The van der Waals surface area contributed by atoms with Gasteiger partial charge in [-0.3, -0.25) is 4.79 Å². The molecule has 18 heavy (non-hydrogen) atoms. The minimum atomic E-state index is -0.223. The fourth-order valence-electron chi connectivity index (χ4n) is 2.21. The molecule has 3 atom stereocenters. The van der Waals surface area contributed by atoms with Crippen molar-refractivity contribution >= 4 is 5.91 Å². The second-order valence-corrected chi connectivity index (χ2v) is 5.27. The molecule has 1 heterocycles. The van der Waals surface area contributed by atoms with E-state index in [2.05, 4.69) is 0 Å². The molecule has 1 aliphatic heterocycles. The molecule has 0 saturated carbocycles. The number of carbonyl (C=O) groups is 1. The van der Waals surface area contributed by atoms with Gasteiger partial charge in [-0.15, -0.1) is 0 Å². The molecule has 0 aromatic heterocycles. The second-order valence-electron chi connectivity index (χ2n) is 5.27. The van der Waals surface area contributed by atoms with Crippen LogP contribution in [0.4, 0.5) is 0 Å². The summed E-state index contributed by atoms with van der Waals surface area (Å²) in [5.41, 5.74) is 5.69. The third-order valence-corrected chi connectivity index (χ3v) is 3.37. The Morgan fingerprint density at radius 2 is 2.22 bits per heavy atom. The van der Waals surface area contributed by atoms with Gasteiger partial charge in [0.05, 0.1) is 19.3 Å². The molecule has 1 saturated heterocycles. The zero-order chi connectivity index (χ0) is 13.5. The van der Waals surface area contributed by atoms with Crippen LogP contribution in [0, 0.1) is 5.92 Å². The molecular formula is C13H26N2O3. The van der Waals surface area contributed by atoms with Crippen LogP contribution in [0.2, 0.25) is 0 Å². The molecular weight excluding hydrogens is 232 g/mol. The molecule has 3 N–H and O–H groups in total. The maximum Gasteiger partial charge on any atom is 0.225 e. The highest BCUT2D eigenvalue weighted by molar-refractivity contribution is 5.78. The Balaban J connectivity index is 2.33. The van der Waals surface area contributed by atoms with Crippen LogP contribution in [0.5, 0.6) is 0 Å². The van der Waals surface area contributed by atoms with Gasteiger partial charge in [0.15, 0.2) is 0 Å². The summed E-state index contributed by atoms with van der Waals surface area (Å²) in [4.78, 5) is 14.0. The van der Waals surface area contributed by atoms with Gasteiger partial charge in [-0.1, -0.05) is 13.3 Å². The van der Waals surface area contributed by atoms with Crippen molar-refractivity contribution in [3.8, 4) is 0 Å². The number of ether oxygens (including phenoxy) is 1. The van der Waals surface area contributed by atoms with Crippen LogP contribution in [0.25, 0.3) is 0 Å². The van der Waals surface area contributed by atoms with Gasteiger partial charge in [0.1, 0.15) is 0 Å². The minimum absolute atomic E-state index is 0.0250. The molecule has 1 fully saturated rings. The molecule has 1 aliphatic rings. The molecule has 5 nitrogen and oxygen atoms in total. The number of rotatable bonds is 6. The molecule has 0 radical (unpaired) electrons. The van der Waals surface area contributed by atoms with Gasteiger partial charge < -0.3 is 20.5 Å². The van der Waals surface area contributed by atoms with Crippen LogP contribution in [0.3, 0.4) is 0 Å². The molecule has 0 aromatic carbocycles. The lowest BCUT2D eigenvalue weighted by molar-refractivity contribution is -0.144. The summed E-state index contributed by atoms with van der Waals surface area (Å²) in [5, 5.41) is 9.05. The quantitative estimate of drug-likeness (QED) is 0.721. The Hall–Kier alpha value is -0.650. The van der Waals surface area contributed by atoms with Crippen molar-refractivity contribution in [2.45, 2.75) is 45.3 Å². The average molecular weight is 258 g/mol. The summed E-state index contributed by atoms with van der Waals surface area (Å²) in [7, 11) is 0. The van der Waals surface area contributed by atoms with Gasteiger partial charge in [-0.25, -0.2) is 0 Å². The van der Waals surface area contributed by atoms with E-state index in [1.165, 1.54) is 0 Å². The maximum absolute atomic E-state index is 12.2. The van der Waals surface area contributed by atoms with E-state index in [9.17, 15) is 4.79 Å². The predicted octanol–water partition coefficient (Wildman–Crippen LogP) is 0.360. The molecule has 0 bridgehead atoms. The zero-order valence-corrected chi connectivity index (χ0v) is 11.5. The fourth-order valence-corrected chi connectivity index (χ4v) is 2.21. The van der Waals surface area contributed by atoms with Crippen molar-refractivity contribution in [2.24, 2.45) is 11.7 Å². The van der Waals surface area contributed by atoms with Crippen molar-refractivity contribution < 1.29 is 14.6 Å². The summed E-state index contributed by atoms with van der Waals surface area (Å²) < 4.78 is 5.34. The van der Waals surface area contributed by atoms with Crippen molar-refractivity contribution in [3.63, 3.8) is 0 Å². The van der Waals surface area contributed by atoms with Crippen LogP contribution in [-0.2, 0) is 9.53 Å². The smallest absolute Gasteiger partial charge is 0.225 e. The molecule has 3 unspecified atom stereocenters. The number of amides is 1. The van der Waals surface area contributed by atoms with Crippen LogP contribution >= 0.6 is 0 Å². The van der Waals surface area contributed by atoms with Crippen molar-refractivity contribution in [3.05, 3.63) is 0 Å². The number of hydrogen-bond acceptors (Lipinski definition) is 4. The first kappa shape index (κ1) is 15.4. The van der Waals surface area contributed by atoms with Crippen LogP contribution in [0.15, 0.2) is 0 Å². The summed E-state index contributed by atoms with van der Waals surface area (Å²) in [6, 6.07) is 0.203. The number of aliphatic hydroxyl groups is 1. The van der Waals surface area contributed by atoms with Gasteiger partial charge in [0, 0.05) is 25.0 Å². The van der Waals surface area contributed by atoms with Crippen molar-refractivity contribution in [2.75, 3.05) is 26.3 Å². The third-order valence-electron chi connectivity index (χ3n) is 3.37. The number of morpholine rings is 1. The number of carbonyl (C=O) groups excluding carboxylic acids is 1. The molecule has 0 spiro atoms. The standard InChI is InChI=1S/C13H26N2O3/c1-10(4-3-5-11(2)14)13(17)15-6-7-18-12(8-15)9-16/h10-12,16H,3-9,14H2,1-2H3. The van der Waals surface area contributed by atoms with Crippen molar-refractivity contribution in [1.29, 1.82) is 0 Å². The third kappa shape index (κ3) is 4.92. The SMILES string of the molecule is CC(N)CCCC(C)C(=O)N1CCOC(CO)C1. The summed E-state index contributed by atoms with van der Waals surface area (Å²) >= 11 is 0. The first-order valence-electron chi connectivity index (χ1n) is 6.81. The lowest BCUT2D eigenvalue weighted by Crippen LogP contribution is -2.48. The first-order chi connectivity index (χ1) is 8.54. The molecule has 106 valence electrons. The fraction of sp³-hybridized carbons (Fsp3) is 0.923. The average Bonchev–Trinajstić information content (AvgIpc) is 2.37. The Labute approximate surface area is 109 Å². The molecule has 1 rings (SSSR count). The highest BCUT2D eigenvalue weighted by atomic mass is 16.5. The number of nitrogens with zero attached hydrogens (tertiary/aromatic N) is 1. The first-order valence-corrected chi connectivity index (χ1v) is 6.81. The van der Waals surface area contributed by atoms with Gasteiger partial charge in [0.2, 0.25) is 5.91 Å². The van der Waals surface area contributed by atoms with Gasteiger partial charge >= 0.3 is 0 Å². The summed E-state index contributed by atoms with van der Waals surface area (Å²) in [6.45, 7) is 5.58. The van der Waals surface area contributed by atoms with E-state index in [1.54, 1.807) is 4.90 Å². The van der Waals surface area contributed by atoms with Gasteiger partial charge in [-0.05, 0) is 19.8 Å². The second kappa shape index (κ2) is 7.71. The summed E-state index contributed by atoms with van der Waals surface area (Å²) in [6.07, 6.45) is 2.60. The van der Waals surface area contributed by atoms with E-state index in [0.717, 1.165) is 19.3 Å². The van der Waals surface area contributed by atoms with E-state index in [-0.39, 0.29) is 30.6 Å². The molecule has 5 heteroatoms. The maximum atomic E-state index is 12.2. The van der Waals surface area contributed by atoms with Gasteiger partial charge in [0.25, 0.3) is 0 Å². The number of aliphatic hydroxyl groups excluding tert-OH is 1. The van der Waals surface area contributed by atoms with Crippen molar-refractivity contribution in [1.82, 2.24) is 4.90 Å². The Morgan fingerprint density at radius 3 is 2.83 bits per heavy atom. The van der Waals surface area contributed by atoms with E-state index >= 15 is 0 Å². The Kier molecular flexibility index (Phi) is 6.60. The minimum Gasteiger partial charge on any atom is -0.394 e. The number of nitrogens with two attached hydrogens (primary N) is 1. The Bertz CT molecular complexity index is 259. The molecule has 0 aliphatic carbocycles. The van der Waals surface area contributed by atoms with E-state index in [1.807, 2.05) is 13.8 Å². The lowest BCUT2D eigenvalue weighted by atomic mass is 10.0. The summed E-state index contributed by atoms with van der Waals surface area (Å²) in [5.74, 6) is 0.197. The molecule has 1 amide bonds. The van der Waals surface area contributed by atoms with Crippen LogP contribution < -0.4 is 5.73 Å². The Morgan fingerprint density at radius 1 is 1.50 bits per heavy atom. The topological polar surface area (TPSA) is 75.8 Å². The highest BCUT2D eigenvalue weighted by Crippen LogP contribution is 2.15. The van der Waals surface area contributed by atoms with Crippen LogP contribution in [-0.4, -0.2) is 54.4 Å². The van der Waals surface area contributed by atoms with E-state index in [0.29, 0.717) is 19.7 Å². The van der Waals surface area contributed by atoms with E-state index < -0.39 is 0 Å². The van der Waals surface area contributed by atoms with E-state index in [4.69, 9.17) is 15.6 Å². The normalized spacial score (nSPS) is 23.8.